The number of pyridine rings is 1. The molecule has 2 aromatic rings. The van der Waals surface area contributed by atoms with Gasteiger partial charge in [0.1, 0.15) is 5.60 Å². The highest BCUT2D eigenvalue weighted by molar-refractivity contribution is 5.93. The number of rotatable bonds is 5. The summed E-state index contributed by atoms with van der Waals surface area (Å²) in [6, 6.07) is 3.16. The van der Waals surface area contributed by atoms with E-state index in [9.17, 15) is 14.4 Å². The fourth-order valence-corrected chi connectivity index (χ4v) is 3.05. The first kappa shape index (κ1) is 22.0. The predicted octanol–water partition coefficient (Wildman–Crippen LogP) is 2.21. The van der Waals surface area contributed by atoms with E-state index in [1.54, 1.807) is 40.0 Å². The zero-order chi connectivity index (χ0) is 22.8. The molecule has 2 aromatic heterocycles. The molecule has 0 bridgehead atoms. The molecule has 31 heavy (non-hydrogen) atoms. The molecule has 3 rings (SSSR count). The lowest BCUT2D eigenvalue weighted by Crippen LogP contribution is -2.49. The monoisotopic (exact) mass is 431 g/mol. The minimum atomic E-state index is -1.24. The van der Waals surface area contributed by atoms with E-state index >= 15 is 0 Å². The fourth-order valence-electron chi connectivity index (χ4n) is 3.05. The molecule has 0 unspecified atom stereocenters. The number of anilines is 2. The van der Waals surface area contributed by atoms with Crippen molar-refractivity contribution in [2.24, 2.45) is 13.0 Å². The van der Waals surface area contributed by atoms with Gasteiger partial charge in [-0.05, 0) is 45.7 Å². The summed E-state index contributed by atoms with van der Waals surface area (Å²) >= 11 is 0. The van der Waals surface area contributed by atoms with E-state index in [1.807, 2.05) is 0 Å². The summed E-state index contributed by atoms with van der Waals surface area (Å²) in [7, 11) is 1.56. The van der Waals surface area contributed by atoms with Crippen LogP contribution in [0.3, 0.4) is 0 Å². The number of hydrogen-bond acceptors (Lipinski definition) is 7. The zero-order valence-corrected chi connectivity index (χ0v) is 17.7. The van der Waals surface area contributed by atoms with Crippen LogP contribution in [0.1, 0.15) is 33.6 Å². The summed E-state index contributed by atoms with van der Waals surface area (Å²) < 4.78 is 6.50. The van der Waals surface area contributed by atoms with Gasteiger partial charge in [0.25, 0.3) is 0 Å². The Hall–Kier alpha value is -3.70. The second-order valence-electron chi connectivity index (χ2n) is 8.27. The average Bonchev–Trinajstić information content (AvgIpc) is 2.97. The normalized spacial score (nSPS) is 17.9. The lowest BCUT2D eigenvalue weighted by atomic mass is 9.79. The molecule has 1 fully saturated rings. The van der Waals surface area contributed by atoms with Gasteiger partial charge in [0, 0.05) is 19.0 Å². The molecule has 166 valence electrons. The molecule has 0 saturated heterocycles. The highest BCUT2D eigenvalue weighted by Crippen LogP contribution is 2.29. The Kier molecular flexibility index (Phi) is 6.09. The zero-order valence-electron chi connectivity index (χ0n) is 17.7. The molecule has 2 heterocycles. The van der Waals surface area contributed by atoms with Crippen LogP contribution >= 0.6 is 0 Å². The minimum absolute atomic E-state index is 0.0945. The van der Waals surface area contributed by atoms with Crippen LogP contribution in [-0.4, -0.2) is 54.8 Å². The maximum absolute atomic E-state index is 12.4. The number of carboxylic acid groups (broad SMARTS) is 1. The van der Waals surface area contributed by atoms with Gasteiger partial charge in [0.15, 0.2) is 11.5 Å². The van der Waals surface area contributed by atoms with Crippen LogP contribution < -0.4 is 16.0 Å². The van der Waals surface area contributed by atoms with Crippen molar-refractivity contribution in [1.82, 2.24) is 25.3 Å². The quantitative estimate of drug-likeness (QED) is 0.560. The van der Waals surface area contributed by atoms with Gasteiger partial charge < -0.3 is 20.5 Å². The van der Waals surface area contributed by atoms with Crippen LogP contribution in [0.4, 0.5) is 21.1 Å². The summed E-state index contributed by atoms with van der Waals surface area (Å²) in [5.41, 5.74) is 0.603. The van der Waals surface area contributed by atoms with Gasteiger partial charge in [-0.25, -0.2) is 14.3 Å². The highest BCUT2D eigenvalue weighted by Gasteiger charge is 2.36. The van der Waals surface area contributed by atoms with Gasteiger partial charge in [0.2, 0.25) is 5.91 Å². The average molecular weight is 431 g/mol. The summed E-state index contributed by atoms with van der Waals surface area (Å²) in [5.74, 6) is -0.190. The van der Waals surface area contributed by atoms with Crippen molar-refractivity contribution in [1.29, 1.82) is 0 Å². The number of aromatic nitrogens is 4. The molecule has 4 N–H and O–H groups in total. The maximum atomic E-state index is 12.4. The van der Waals surface area contributed by atoms with Gasteiger partial charge in [0.05, 0.1) is 17.6 Å². The first-order chi connectivity index (χ1) is 14.5. The lowest BCUT2D eigenvalue weighted by Gasteiger charge is -2.35. The largest absolute Gasteiger partial charge is 0.465 e. The number of amides is 3. The second kappa shape index (κ2) is 8.58. The molecular weight excluding hydrogens is 406 g/mol. The standard InChI is InChI=1S/C19H25N7O5/c1-19(2,3)31-18(30)22-12-7-10(8-12)16(27)21-11-5-6-13(20-9-11)14-15(23-17(28)29)26(4)25-24-14/h5-6,9-10,12,23H,7-8H2,1-4H3,(H,21,27)(H,22,30)(H,28,29). The number of carbonyl (C=O) groups excluding carboxylic acids is 2. The third-order valence-electron chi connectivity index (χ3n) is 4.56. The minimum Gasteiger partial charge on any atom is -0.465 e. The molecule has 1 saturated carbocycles. The molecule has 12 nitrogen and oxygen atoms in total. The molecule has 1 aliphatic rings. The van der Waals surface area contributed by atoms with E-state index in [1.165, 1.54) is 10.9 Å². The van der Waals surface area contributed by atoms with Crippen molar-refractivity contribution in [3.63, 3.8) is 0 Å². The Balaban J connectivity index is 1.53. The van der Waals surface area contributed by atoms with E-state index in [4.69, 9.17) is 9.84 Å². The third-order valence-corrected chi connectivity index (χ3v) is 4.56. The van der Waals surface area contributed by atoms with Crippen molar-refractivity contribution in [3.05, 3.63) is 18.3 Å². The van der Waals surface area contributed by atoms with E-state index in [0.717, 1.165) is 0 Å². The smallest absolute Gasteiger partial charge is 0.410 e. The summed E-state index contributed by atoms with van der Waals surface area (Å²) in [6.45, 7) is 5.37. The van der Waals surface area contributed by atoms with Gasteiger partial charge in [-0.1, -0.05) is 5.21 Å². The number of nitrogens with zero attached hydrogens (tertiary/aromatic N) is 4. The number of nitrogens with one attached hydrogen (secondary N) is 3. The number of hydrogen-bond donors (Lipinski definition) is 4. The number of aryl methyl sites for hydroxylation is 1. The molecule has 0 aromatic carbocycles. The summed E-state index contributed by atoms with van der Waals surface area (Å²) in [4.78, 5) is 39.4. The topological polar surface area (TPSA) is 160 Å². The van der Waals surface area contributed by atoms with Crippen LogP contribution in [0, 0.1) is 5.92 Å². The lowest BCUT2D eigenvalue weighted by molar-refractivity contribution is -0.123. The van der Waals surface area contributed by atoms with Crippen LogP contribution in [0.5, 0.6) is 0 Å². The summed E-state index contributed by atoms with van der Waals surface area (Å²) in [5, 5.41) is 24.4. The predicted molar refractivity (Wildman–Crippen MR) is 110 cm³/mol. The Labute approximate surface area is 178 Å². The Morgan fingerprint density at radius 2 is 1.90 bits per heavy atom. The molecule has 0 atom stereocenters. The van der Waals surface area contributed by atoms with Crippen LogP contribution in [0.2, 0.25) is 0 Å². The van der Waals surface area contributed by atoms with Gasteiger partial charge in [-0.2, -0.15) is 0 Å². The Bertz CT molecular complexity index is 975. The molecule has 3 amide bonds. The molecule has 0 spiro atoms. The first-order valence-electron chi connectivity index (χ1n) is 9.68. The molecule has 12 heteroatoms. The van der Waals surface area contributed by atoms with Gasteiger partial charge in [-0.3, -0.25) is 15.1 Å². The number of alkyl carbamates (subject to hydrolysis) is 1. The third kappa shape index (κ3) is 5.68. The van der Waals surface area contributed by atoms with E-state index in [2.05, 4.69) is 31.2 Å². The number of ether oxygens (including phenoxy) is 1. The van der Waals surface area contributed by atoms with Gasteiger partial charge in [-0.15, -0.1) is 5.10 Å². The van der Waals surface area contributed by atoms with Crippen molar-refractivity contribution in [2.45, 2.75) is 45.3 Å². The maximum Gasteiger partial charge on any atom is 0.410 e. The van der Waals surface area contributed by atoms with E-state index < -0.39 is 17.8 Å². The van der Waals surface area contributed by atoms with E-state index in [-0.39, 0.29) is 29.4 Å². The summed E-state index contributed by atoms with van der Waals surface area (Å²) in [6.07, 6.45) is 0.787. The SMILES string of the molecule is Cn1nnc(-c2ccc(NC(=O)C3CC(NC(=O)OC(C)(C)C)C3)cn2)c1NC(=O)O. The van der Waals surface area contributed by atoms with Crippen LogP contribution in [-0.2, 0) is 16.6 Å². The molecule has 0 aliphatic heterocycles. The second-order valence-corrected chi connectivity index (χ2v) is 8.27. The van der Waals surface area contributed by atoms with Crippen molar-refractivity contribution >= 4 is 29.6 Å². The number of carbonyl (C=O) groups is 3. The van der Waals surface area contributed by atoms with Crippen molar-refractivity contribution in [2.75, 3.05) is 10.6 Å². The Morgan fingerprint density at radius 3 is 2.48 bits per heavy atom. The molecular formula is C19H25N7O5. The van der Waals surface area contributed by atoms with Crippen LogP contribution in [0.15, 0.2) is 18.3 Å². The van der Waals surface area contributed by atoms with Crippen LogP contribution in [0.25, 0.3) is 11.4 Å². The first-order valence-corrected chi connectivity index (χ1v) is 9.68. The molecule has 1 aliphatic carbocycles. The van der Waals surface area contributed by atoms with Crippen molar-refractivity contribution in [3.8, 4) is 11.4 Å². The van der Waals surface area contributed by atoms with E-state index in [0.29, 0.717) is 24.2 Å². The molecule has 0 radical (unpaired) electrons. The van der Waals surface area contributed by atoms with Crippen molar-refractivity contribution < 1.29 is 24.2 Å². The van der Waals surface area contributed by atoms with Gasteiger partial charge >= 0.3 is 12.2 Å². The fraction of sp³-hybridized carbons (Fsp3) is 0.474. The Morgan fingerprint density at radius 1 is 1.19 bits per heavy atom. The highest BCUT2D eigenvalue weighted by atomic mass is 16.6.